The van der Waals surface area contributed by atoms with E-state index in [4.69, 9.17) is 0 Å². The molecule has 0 saturated carbocycles. The van der Waals surface area contributed by atoms with Crippen molar-refractivity contribution in [3.8, 4) is 0 Å². The van der Waals surface area contributed by atoms with Gasteiger partial charge in [-0.05, 0) is 37.4 Å². The third-order valence-electron chi connectivity index (χ3n) is 4.83. The van der Waals surface area contributed by atoms with Crippen molar-refractivity contribution in [3.63, 3.8) is 0 Å². The summed E-state index contributed by atoms with van der Waals surface area (Å²) in [6.45, 7) is 2.57. The first-order valence-corrected chi connectivity index (χ1v) is 8.72. The van der Waals surface area contributed by atoms with Gasteiger partial charge < -0.3 is 15.1 Å². The lowest BCUT2D eigenvalue weighted by Crippen LogP contribution is -2.37. The first-order valence-electron chi connectivity index (χ1n) is 7.84. The van der Waals surface area contributed by atoms with Crippen LogP contribution in [0.25, 0.3) is 0 Å². The maximum atomic E-state index is 12.9. The van der Waals surface area contributed by atoms with Crippen LogP contribution in [0.3, 0.4) is 0 Å². The van der Waals surface area contributed by atoms with Gasteiger partial charge in [-0.25, -0.2) is 0 Å². The summed E-state index contributed by atoms with van der Waals surface area (Å²) in [4.78, 5) is 29.9. The van der Waals surface area contributed by atoms with Crippen molar-refractivity contribution < 1.29 is 9.59 Å². The van der Waals surface area contributed by atoms with Crippen LogP contribution in [0, 0.1) is 11.8 Å². The smallest absolute Gasteiger partial charge is 0.228 e. The molecule has 2 aliphatic rings. The second kappa shape index (κ2) is 6.38. The Bertz CT molecular complexity index is 546. The summed E-state index contributed by atoms with van der Waals surface area (Å²) in [7, 11) is 3.76. The lowest BCUT2D eigenvalue weighted by atomic mass is 9.97. The second-order valence-corrected chi connectivity index (χ2v) is 7.25. The number of carbonyl (C=O) groups is 2. The zero-order chi connectivity index (χ0) is 15.7. The number of thiophene rings is 1. The summed E-state index contributed by atoms with van der Waals surface area (Å²) < 4.78 is 0. The molecule has 0 aliphatic carbocycles. The third-order valence-corrected chi connectivity index (χ3v) is 5.77. The molecule has 5 nitrogen and oxygen atoms in total. The van der Waals surface area contributed by atoms with Crippen LogP contribution < -0.4 is 5.32 Å². The van der Waals surface area contributed by atoms with Crippen LogP contribution in [0.15, 0.2) is 17.5 Å². The zero-order valence-corrected chi connectivity index (χ0v) is 13.9. The van der Waals surface area contributed by atoms with E-state index in [1.54, 1.807) is 16.2 Å². The Morgan fingerprint density at radius 3 is 3.00 bits per heavy atom. The fourth-order valence-electron chi connectivity index (χ4n) is 3.66. The molecule has 0 unspecified atom stereocenters. The number of hydrogen-bond acceptors (Lipinski definition) is 4. The summed E-state index contributed by atoms with van der Waals surface area (Å²) in [5.74, 6) is 0.519. The minimum atomic E-state index is -0.232. The molecule has 0 spiro atoms. The quantitative estimate of drug-likeness (QED) is 0.910. The third kappa shape index (κ3) is 2.77. The van der Waals surface area contributed by atoms with Crippen molar-refractivity contribution in [2.24, 2.45) is 11.8 Å². The van der Waals surface area contributed by atoms with Crippen LogP contribution in [0.5, 0.6) is 0 Å². The SMILES string of the molecule is CNC[C@@H]1CCN(C(=O)[C@@H]2CC(=O)N(C)[C@@H]2c2cccs2)C1. The van der Waals surface area contributed by atoms with Gasteiger partial charge in [-0.3, -0.25) is 9.59 Å². The van der Waals surface area contributed by atoms with Crippen LogP contribution in [0.2, 0.25) is 0 Å². The molecule has 2 amide bonds. The van der Waals surface area contributed by atoms with Crippen molar-refractivity contribution in [2.75, 3.05) is 33.7 Å². The predicted molar refractivity (Wildman–Crippen MR) is 86.6 cm³/mol. The highest BCUT2D eigenvalue weighted by molar-refractivity contribution is 7.10. The van der Waals surface area contributed by atoms with Gasteiger partial charge in [0.05, 0.1) is 12.0 Å². The summed E-state index contributed by atoms with van der Waals surface area (Å²) in [5.41, 5.74) is 0. The van der Waals surface area contributed by atoms with Gasteiger partial charge in [0.1, 0.15) is 0 Å². The van der Waals surface area contributed by atoms with E-state index in [0.29, 0.717) is 12.3 Å². The molecule has 6 heteroatoms. The summed E-state index contributed by atoms with van der Waals surface area (Å²) in [5, 5.41) is 5.19. The molecule has 22 heavy (non-hydrogen) atoms. The highest BCUT2D eigenvalue weighted by Crippen LogP contribution is 2.40. The van der Waals surface area contributed by atoms with E-state index < -0.39 is 0 Å². The molecule has 3 rings (SSSR count). The van der Waals surface area contributed by atoms with E-state index in [1.807, 2.05) is 36.5 Å². The molecule has 2 fully saturated rings. The van der Waals surface area contributed by atoms with Crippen molar-refractivity contribution in [1.29, 1.82) is 0 Å². The fourth-order valence-corrected chi connectivity index (χ4v) is 4.60. The predicted octanol–water partition coefficient (Wildman–Crippen LogP) is 1.34. The van der Waals surface area contributed by atoms with Gasteiger partial charge in [0.25, 0.3) is 0 Å². The Labute approximate surface area is 135 Å². The molecular formula is C16H23N3O2S. The molecular weight excluding hydrogens is 298 g/mol. The van der Waals surface area contributed by atoms with Crippen molar-refractivity contribution in [2.45, 2.75) is 18.9 Å². The molecule has 1 aromatic heterocycles. The van der Waals surface area contributed by atoms with E-state index in [9.17, 15) is 9.59 Å². The largest absolute Gasteiger partial charge is 0.342 e. The molecule has 0 radical (unpaired) electrons. The van der Waals surface area contributed by atoms with Gasteiger partial charge >= 0.3 is 0 Å². The van der Waals surface area contributed by atoms with Crippen LogP contribution in [-0.4, -0.2) is 55.3 Å². The minimum absolute atomic E-state index is 0.0720. The standard InChI is InChI=1S/C16H23N3O2S/c1-17-9-11-5-6-19(10-11)16(21)12-8-14(20)18(2)15(12)13-4-3-7-22-13/h3-4,7,11-12,15,17H,5-6,8-10H2,1-2H3/t11-,12+,15-/m0/s1. The van der Waals surface area contributed by atoms with Crippen LogP contribution >= 0.6 is 11.3 Å². The van der Waals surface area contributed by atoms with Crippen LogP contribution in [-0.2, 0) is 9.59 Å². The topological polar surface area (TPSA) is 52.7 Å². The van der Waals surface area contributed by atoms with Gasteiger partial charge in [-0.2, -0.15) is 0 Å². The fraction of sp³-hybridized carbons (Fsp3) is 0.625. The Hall–Kier alpha value is -1.40. The number of likely N-dealkylation sites (tertiary alicyclic amines) is 2. The van der Waals surface area contributed by atoms with Crippen LogP contribution in [0.1, 0.15) is 23.8 Å². The maximum Gasteiger partial charge on any atom is 0.228 e. The molecule has 1 N–H and O–H groups in total. The normalized spacial score (nSPS) is 28.6. The number of nitrogens with one attached hydrogen (secondary N) is 1. The Kier molecular flexibility index (Phi) is 4.49. The number of carbonyl (C=O) groups excluding carboxylic acids is 2. The van der Waals surface area contributed by atoms with Gasteiger partial charge in [0.2, 0.25) is 11.8 Å². The number of hydrogen-bond donors (Lipinski definition) is 1. The molecule has 1 aromatic rings. The first-order chi connectivity index (χ1) is 10.6. The molecule has 2 aliphatic heterocycles. The highest BCUT2D eigenvalue weighted by atomic mass is 32.1. The minimum Gasteiger partial charge on any atom is -0.342 e. The van der Waals surface area contributed by atoms with Gasteiger partial charge in [0.15, 0.2) is 0 Å². The second-order valence-electron chi connectivity index (χ2n) is 6.27. The van der Waals surface area contributed by atoms with E-state index in [2.05, 4.69) is 5.32 Å². The maximum absolute atomic E-state index is 12.9. The Morgan fingerprint density at radius 2 is 2.32 bits per heavy atom. The van der Waals surface area contributed by atoms with Crippen molar-refractivity contribution in [1.82, 2.24) is 15.1 Å². The summed E-state index contributed by atoms with van der Waals surface area (Å²) >= 11 is 1.62. The molecule has 0 aromatic carbocycles. The van der Waals surface area contributed by atoms with E-state index in [-0.39, 0.29) is 23.8 Å². The molecule has 3 atom stereocenters. The van der Waals surface area contributed by atoms with E-state index in [1.165, 1.54) is 0 Å². The highest BCUT2D eigenvalue weighted by Gasteiger charge is 2.45. The summed E-state index contributed by atoms with van der Waals surface area (Å²) in [6, 6.07) is 3.92. The average Bonchev–Trinajstić information content (AvgIpc) is 3.21. The number of rotatable bonds is 4. The number of nitrogens with zero attached hydrogens (tertiary/aromatic N) is 2. The number of amides is 2. The van der Waals surface area contributed by atoms with Gasteiger partial charge in [-0.1, -0.05) is 6.07 Å². The molecule has 3 heterocycles. The van der Waals surface area contributed by atoms with Crippen molar-refractivity contribution in [3.05, 3.63) is 22.4 Å². The average molecular weight is 321 g/mol. The monoisotopic (exact) mass is 321 g/mol. The van der Waals surface area contributed by atoms with E-state index in [0.717, 1.165) is 30.9 Å². The van der Waals surface area contributed by atoms with Gasteiger partial charge in [-0.15, -0.1) is 11.3 Å². The van der Waals surface area contributed by atoms with Crippen molar-refractivity contribution >= 4 is 23.2 Å². The lowest BCUT2D eigenvalue weighted by molar-refractivity contribution is -0.135. The van der Waals surface area contributed by atoms with E-state index >= 15 is 0 Å². The first kappa shape index (κ1) is 15.5. The zero-order valence-electron chi connectivity index (χ0n) is 13.1. The molecule has 2 saturated heterocycles. The summed E-state index contributed by atoms with van der Waals surface area (Å²) in [6.07, 6.45) is 1.39. The van der Waals surface area contributed by atoms with Gasteiger partial charge in [0, 0.05) is 31.4 Å². The Morgan fingerprint density at radius 1 is 1.50 bits per heavy atom. The Balaban J connectivity index is 1.75. The molecule has 0 bridgehead atoms. The lowest BCUT2D eigenvalue weighted by Gasteiger charge is -2.27. The van der Waals surface area contributed by atoms with Crippen LogP contribution in [0.4, 0.5) is 0 Å². The molecule has 120 valence electrons.